The predicted molar refractivity (Wildman–Crippen MR) is 242 cm³/mol. The molecule has 12 nitrogen and oxygen atoms in total. The third kappa shape index (κ3) is 10.4. The van der Waals surface area contributed by atoms with Gasteiger partial charge in [0, 0.05) is 23.1 Å². The van der Waals surface area contributed by atoms with Crippen molar-refractivity contribution in [1.82, 2.24) is 19.9 Å². The van der Waals surface area contributed by atoms with E-state index in [1.807, 2.05) is 37.3 Å². The van der Waals surface area contributed by atoms with Crippen LogP contribution in [-0.4, -0.2) is 57.3 Å². The number of nitrogen functional groups attached to an aromatic ring is 1. The largest absolute Gasteiger partial charge is 0.496 e. The maximum absolute atomic E-state index is 14.2. The normalized spacial score (nSPS) is 11.9. The van der Waals surface area contributed by atoms with Crippen molar-refractivity contribution in [3.05, 3.63) is 131 Å². The molecule has 1 atom stereocenters. The standard InChI is InChI=1S/C48H45ClFN5O7S/c1-7-59-47(57)38(61-45-41-40(33-17-18-35(51)42(49)27(33)2)43(63-46(41)54-26-53-45)29-13-15-31(50)16-14-29)24-30-22-28(23-39(56)62-48(3,4)5)12-19-36(30)60-25-32-20-21-52-44(55-32)34-10-8-9-11-37(34)58-6/h8-22,26,38H,7,23-25,51H2,1-6H3. The third-order valence-corrected chi connectivity index (χ3v) is 11.4. The second-order valence-electron chi connectivity index (χ2n) is 15.4. The molecule has 0 saturated heterocycles. The summed E-state index contributed by atoms with van der Waals surface area (Å²) in [5.41, 5.74) is 11.2. The molecule has 0 saturated carbocycles. The highest BCUT2D eigenvalue weighted by molar-refractivity contribution is 7.22. The quantitative estimate of drug-likeness (QED) is 0.0768. The number of halogens is 2. The molecule has 3 aromatic heterocycles. The number of carbonyl (C=O) groups excluding carboxylic acids is 2. The maximum Gasteiger partial charge on any atom is 0.347 e. The summed E-state index contributed by atoms with van der Waals surface area (Å²) in [5.74, 6) is 0.122. The van der Waals surface area contributed by atoms with E-state index in [2.05, 4.69) is 15.0 Å². The molecule has 4 aromatic carbocycles. The van der Waals surface area contributed by atoms with Gasteiger partial charge in [0.15, 0.2) is 5.82 Å². The number of ether oxygens (including phenoxy) is 5. The third-order valence-electron chi connectivity index (χ3n) is 9.78. The fraction of sp³-hybridized carbons (Fsp3) is 0.250. The van der Waals surface area contributed by atoms with Crippen molar-refractivity contribution in [2.75, 3.05) is 19.5 Å². The van der Waals surface area contributed by atoms with Gasteiger partial charge in [-0.15, -0.1) is 11.3 Å². The number of nitrogens with zero attached hydrogens (tertiary/aromatic N) is 4. The van der Waals surface area contributed by atoms with E-state index in [1.165, 1.54) is 29.8 Å². The molecule has 63 heavy (non-hydrogen) atoms. The molecular formula is C48H45ClFN5O7S. The van der Waals surface area contributed by atoms with Crippen molar-refractivity contribution in [3.63, 3.8) is 0 Å². The topological polar surface area (TPSA) is 158 Å². The monoisotopic (exact) mass is 889 g/mol. The van der Waals surface area contributed by atoms with E-state index in [0.29, 0.717) is 66.2 Å². The Morgan fingerprint density at radius 1 is 0.937 bits per heavy atom. The van der Waals surface area contributed by atoms with E-state index in [-0.39, 0.29) is 37.8 Å². The van der Waals surface area contributed by atoms with Crippen LogP contribution in [0.5, 0.6) is 17.4 Å². The number of benzene rings is 4. The van der Waals surface area contributed by atoms with Gasteiger partial charge >= 0.3 is 11.9 Å². The summed E-state index contributed by atoms with van der Waals surface area (Å²) in [7, 11) is 1.59. The second kappa shape index (κ2) is 19.2. The van der Waals surface area contributed by atoms with E-state index in [4.69, 9.17) is 46.0 Å². The average molecular weight is 890 g/mol. The number of hydrogen-bond donors (Lipinski definition) is 1. The van der Waals surface area contributed by atoms with Crippen LogP contribution in [0.3, 0.4) is 0 Å². The van der Waals surface area contributed by atoms with Crippen molar-refractivity contribution in [2.45, 2.75) is 65.8 Å². The van der Waals surface area contributed by atoms with Crippen LogP contribution in [-0.2, 0) is 38.5 Å². The Hall–Kier alpha value is -6.64. The van der Waals surface area contributed by atoms with Crippen LogP contribution in [0, 0.1) is 12.7 Å². The number of nitrogens with two attached hydrogens (primary N) is 1. The minimum Gasteiger partial charge on any atom is -0.496 e. The maximum atomic E-state index is 14.2. The summed E-state index contributed by atoms with van der Waals surface area (Å²) in [4.78, 5) is 46.7. The summed E-state index contributed by atoms with van der Waals surface area (Å²) < 4.78 is 44.0. The van der Waals surface area contributed by atoms with Crippen LogP contribution < -0.4 is 19.9 Å². The number of thiophene rings is 1. The van der Waals surface area contributed by atoms with Crippen LogP contribution in [0.15, 0.2) is 97.5 Å². The minimum absolute atomic E-state index is 0.0362. The van der Waals surface area contributed by atoms with Crippen LogP contribution >= 0.6 is 22.9 Å². The Labute approximate surface area is 373 Å². The second-order valence-corrected chi connectivity index (χ2v) is 16.8. The molecule has 0 aliphatic carbocycles. The fourth-order valence-corrected chi connectivity index (χ4v) is 8.27. The molecule has 15 heteroatoms. The molecule has 7 aromatic rings. The summed E-state index contributed by atoms with van der Waals surface area (Å²) in [6.45, 7) is 9.07. The first kappa shape index (κ1) is 44.4. The van der Waals surface area contributed by atoms with E-state index in [9.17, 15) is 14.0 Å². The molecule has 2 N–H and O–H groups in total. The molecule has 0 aliphatic heterocycles. The fourth-order valence-electron chi connectivity index (χ4n) is 6.95. The molecule has 0 radical (unpaired) electrons. The van der Waals surface area contributed by atoms with Gasteiger partial charge in [0.05, 0.1) is 47.5 Å². The van der Waals surface area contributed by atoms with Crippen molar-refractivity contribution in [3.8, 4) is 50.3 Å². The number of para-hydroxylation sites is 1. The Morgan fingerprint density at radius 3 is 2.46 bits per heavy atom. The summed E-state index contributed by atoms with van der Waals surface area (Å²) >= 11 is 8.07. The van der Waals surface area contributed by atoms with Gasteiger partial charge in [0.25, 0.3) is 0 Å². The van der Waals surface area contributed by atoms with Crippen LogP contribution in [0.2, 0.25) is 5.02 Å². The number of esters is 2. The molecule has 3 heterocycles. The Bertz CT molecular complexity index is 2790. The Kier molecular flexibility index (Phi) is 13.5. The molecule has 0 fully saturated rings. The molecule has 0 spiro atoms. The van der Waals surface area contributed by atoms with Gasteiger partial charge in [-0.2, -0.15) is 0 Å². The van der Waals surface area contributed by atoms with Crippen LogP contribution in [0.4, 0.5) is 10.1 Å². The molecule has 7 rings (SSSR count). The molecular weight excluding hydrogens is 845 g/mol. The molecule has 0 amide bonds. The van der Waals surface area contributed by atoms with E-state index in [1.54, 1.807) is 83.5 Å². The Morgan fingerprint density at radius 2 is 1.71 bits per heavy atom. The van der Waals surface area contributed by atoms with Gasteiger partial charge in [-0.05, 0) is 105 Å². The first-order valence-corrected chi connectivity index (χ1v) is 21.3. The number of carbonyl (C=O) groups is 2. The lowest BCUT2D eigenvalue weighted by atomic mass is 9.95. The number of anilines is 1. The van der Waals surface area contributed by atoms with Gasteiger partial charge in [-0.3, -0.25) is 4.79 Å². The highest BCUT2D eigenvalue weighted by atomic mass is 35.5. The highest BCUT2D eigenvalue weighted by Gasteiger charge is 2.30. The van der Waals surface area contributed by atoms with Crippen molar-refractivity contribution < 1.29 is 37.7 Å². The molecule has 324 valence electrons. The lowest BCUT2D eigenvalue weighted by Crippen LogP contribution is -2.32. The predicted octanol–water partition coefficient (Wildman–Crippen LogP) is 10.2. The lowest BCUT2D eigenvalue weighted by molar-refractivity contribution is -0.154. The summed E-state index contributed by atoms with van der Waals surface area (Å²) in [6.07, 6.45) is 1.63. The Balaban J connectivity index is 1.29. The zero-order valence-corrected chi connectivity index (χ0v) is 37.1. The first-order chi connectivity index (χ1) is 30.2. The van der Waals surface area contributed by atoms with Crippen molar-refractivity contribution in [1.29, 1.82) is 0 Å². The van der Waals surface area contributed by atoms with Gasteiger partial charge < -0.3 is 29.4 Å². The SMILES string of the molecule is CCOC(=O)C(Cc1cc(CC(=O)OC(C)(C)C)ccc1OCc1ccnc(-c2ccccc2OC)n1)Oc1ncnc2sc(-c3ccc(F)cc3)c(-c3ccc(N)c(Cl)c3C)c12. The van der Waals surface area contributed by atoms with E-state index in [0.717, 1.165) is 21.6 Å². The van der Waals surface area contributed by atoms with Crippen molar-refractivity contribution in [2.24, 2.45) is 0 Å². The van der Waals surface area contributed by atoms with E-state index >= 15 is 0 Å². The van der Waals surface area contributed by atoms with Crippen LogP contribution in [0.25, 0.3) is 43.2 Å². The number of methoxy groups -OCH3 is 1. The number of fused-ring (bicyclic) bond motifs is 1. The zero-order chi connectivity index (χ0) is 44.8. The van der Waals surface area contributed by atoms with E-state index < -0.39 is 23.6 Å². The molecule has 1 unspecified atom stereocenters. The highest BCUT2D eigenvalue weighted by Crippen LogP contribution is 2.49. The summed E-state index contributed by atoms with van der Waals surface area (Å²) in [6, 6.07) is 24.2. The van der Waals surface area contributed by atoms with Gasteiger partial charge in [0.1, 0.15) is 40.7 Å². The number of aromatic nitrogens is 4. The molecule has 0 aliphatic rings. The summed E-state index contributed by atoms with van der Waals surface area (Å²) in [5, 5.41) is 0.877. The minimum atomic E-state index is -1.27. The first-order valence-electron chi connectivity index (χ1n) is 20.1. The average Bonchev–Trinajstić information content (AvgIpc) is 3.65. The van der Waals surface area contributed by atoms with Crippen LogP contribution in [0.1, 0.15) is 50.1 Å². The zero-order valence-electron chi connectivity index (χ0n) is 35.5. The smallest absolute Gasteiger partial charge is 0.347 e. The van der Waals surface area contributed by atoms with Gasteiger partial charge in [0.2, 0.25) is 12.0 Å². The number of rotatable bonds is 15. The molecule has 0 bridgehead atoms. The van der Waals surface area contributed by atoms with Gasteiger partial charge in [-0.25, -0.2) is 29.1 Å². The lowest BCUT2D eigenvalue weighted by Gasteiger charge is -2.21. The number of hydrogen-bond acceptors (Lipinski definition) is 13. The van der Waals surface area contributed by atoms with Crippen molar-refractivity contribution >= 4 is 50.8 Å². The van der Waals surface area contributed by atoms with Gasteiger partial charge in [-0.1, -0.05) is 54.1 Å².